The normalized spacial score (nSPS) is 15.8. The molecule has 31 heavy (non-hydrogen) atoms. The lowest BCUT2D eigenvalue weighted by atomic mass is 9.87. The minimum atomic E-state index is 0.0589. The van der Waals surface area contributed by atoms with Gasteiger partial charge in [0, 0.05) is 13.1 Å². The van der Waals surface area contributed by atoms with Crippen molar-refractivity contribution in [2.24, 2.45) is 0 Å². The predicted molar refractivity (Wildman–Crippen MR) is 121 cm³/mol. The van der Waals surface area contributed by atoms with Crippen LogP contribution < -0.4 is 18.9 Å². The minimum absolute atomic E-state index is 0.0589. The molecule has 1 aliphatic heterocycles. The van der Waals surface area contributed by atoms with Gasteiger partial charge in [-0.3, -0.25) is 4.90 Å². The molecule has 0 saturated carbocycles. The zero-order valence-electron chi connectivity index (χ0n) is 18.6. The van der Waals surface area contributed by atoms with Gasteiger partial charge in [0.25, 0.3) is 0 Å². The Bertz CT molecular complexity index is 1040. The van der Waals surface area contributed by atoms with Gasteiger partial charge in [-0.05, 0) is 52.9 Å². The van der Waals surface area contributed by atoms with E-state index < -0.39 is 0 Å². The average Bonchev–Trinajstić information content (AvgIpc) is 2.83. The molecule has 0 bridgehead atoms. The molecule has 0 aliphatic carbocycles. The van der Waals surface area contributed by atoms with Crippen LogP contribution in [0.15, 0.2) is 60.7 Å². The first-order valence-electron chi connectivity index (χ1n) is 10.4. The molecule has 0 aromatic heterocycles. The molecule has 1 unspecified atom stereocenters. The summed E-state index contributed by atoms with van der Waals surface area (Å²) in [6.45, 7) is 1.80. The van der Waals surface area contributed by atoms with Gasteiger partial charge in [0.1, 0.15) is 0 Å². The zero-order valence-corrected chi connectivity index (χ0v) is 18.6. The van der Waals surface area contributed by atoms with E-state index in [-0.39, 0.29) is 6.04 Å². The van der Waals surface area contributed by atoms with Gasteiger partial charge in [0.15, 0.2) is 23.0 Å². The third-order valence-electron chi connectivity index (χ3n) is 5.93. The lowest BCUT2D eigenvalue weighted by Gasteiger charge is -2.38. The Morgan fingerprint density at radius 1 is 0.742 bits per heavy atom. The molecule has 0 radical (unpaired) electrons. The molecule has 0 saturated heterocycles. The predicted octanol–water partition coefficient (Wildman–Crippen LogP) is 4.87. The Hall–Kier alpha value is -3.18. The number of methoxy groups -OCH3 is 4. The maximum absolute atomic E-state index is 5.63. The van der Waals surface area contributed by atoms with Gasteiger partial charge in [-0.1, -0.05) is 36.4 Å². The van der Waals surface area contributed by atoms with E-state index in [1.807, 2.05) is 6.07 Å². The van der Waals surface area contributed by atoms with Gasteiger partial charge in [0.2, 0.25) is 0 Å². The molecule has 0 spiro atoms. The van der Waals surface area contributed by atoms with Gasteiger partial charge in [0.05, 0.1) is 34.5 Å². The highest BCUT2D eigenvalue weighted by Gasteiger charge is 2.31. The Kier molecular flexibility index (Phi) is 6.33. The van der Waals surface area contributed by atoms with E-state index in [9.17, 15) is 0 Å². The van der Waals surface area contributed by atoms with E-state index in [0.717, 1.165) is 48.1 Å². The summed E-state index contributed by atoms with van der Waals surface area (Å²) in [5.74, 6) is 2.97. The molecule has 3 aromatic rings. The van der Waals surface area contributed by atoms with Gasteiger partial charge in [-0.2, -0.15) is 0 Å². The van der Waals surface area contributed by atoms with Crippen LogP contribution in [0.5, 0.6) is 23.0 Å². The highest BCUT2D eigenvalue weighted by Crippen LogP contribution is 2.43. The average molecular weight is 420 g/mol. The molecule has 3 aromatic carbocycles. The lowest BCUT2D eigenvalue weighted by Crippen LogP contribution is -2.35. The van der Waals surface area contributed by atoms with Crippen molar-refractivity contribution in [3.05, 3.63) is 82.9 Å². The summed E-state index contributed by atoms with van der Waals surface area (Å²) in [7, 11) is 6.69. The fourth-order valence-corrected chi connectivity index (χ4v) is 4.40. The summed E-state index contributed by atoms with van der Waals surface area (Å²) >= 11 is 0. The van der Waals surface area contributed by atoms with Crippen LogP contribution in [0.3, 0.4) is 0 Å². The molecule has 4 rings (SSSR count). The minimum Gasteiger partial charge on any atom is -0.493 e. The van der Waals surface area contributed by atoms with Crippen molar-refractivity contribution in [1.29, 1.82) is 0 Å². The summed E-state index contributed by atoms with van der Waals surface area (Å²) in [6, 6.07) is 21.0. The van der Waals surface area contributed by atoms with E-state index >= 15 is 0 Å². The molecule has 5 heteroatoms. The van der Waals surface area contributed by atoms with E-state index in [2.05, 4.69) is 59.5 Å². The first-order chi connectivity index (χ1) is 15.2. The van der Waals surface area contributed by atoms with Gasteiger partial charge in [-0.15, -0.1) is 0 Å². The molecule has 0 fully saturated rings. The van der Waals surface area contributed by atoms with Crippen LogP contribution >= 0.6 is 0 Å². The fraction of sp³-hybridized carbons (Fsp3) is 0.308. The molecule has 0 amide bonds. The number of hydrogen-bond acceptors (Lipinski definition) is 5. The van der Waals surface area contributed by atoms with Crippen LogP contribution in [0.1, 0.15) is 28.3 Å². The van der Waals surface area contributed by atoms with Crippen molar-refractivity contribution in [2.45, 2.75) is 19.0 Å². The third-order valence-corrected chi connectivity index (χ3v) is 5.93. The van der Waals surface area contributed by atoms with Crippen molar-refractivity contribution < 1.29 is 18.9 Å². The number of ether oxygens (including phenoxy) is 4. The van der Waals surface area contributed by atoms with Gasteiger partial charge >= 0.3 is 0 Å². The van der Waals surface area contributed by atoms with Gasteiger partial charge in [-0.25, -0.2) is 0 Å². The summed E-state index contributed by atoms with van der Waals surface area (Å²) in [4.78, 5) is 2.50. The van der Waals surface area contributed by atoms with Crippen molar-refractivity contribution in [3.63, 3.8) is 0 Å². The second-order valence-electron chi connectivity index (χ2n) is 7.63. The molecule has 1 atom stereocenters. The van der Waals surface area contributed by atoms with Crippen molar-refractivity contribution in [2.75, 3.05) is 35.0 Å². The van der Waals surface area contributed by atoms with Crippen molar-refractivity contribution in [1.82, 2.24) is 4.90 Å². The van der Waals surface area contributed by atoms with Crippen LogP contribution in [-0.2, 0) is 13.0 Å². The summed E-state index contributed by atoms with van der Waals surface area (Å²) < 4.78 is 22.3. The lowest BCUT2D eigenvalue weighted by molar-refractivity contribution is 0.203. The van der Waals surface area contributed by atoms with E-state index in [1.165, 1.54) is 16.7 Å². The molecule has 162 valence electrons. The quantitative estimate of drug-likeness (QED) is 0.547. The van der Waals surface area contributed by atoms with E-state index in [0.29, 0.717) is 0 Å². The maximum Gasteiger partial charge on any atom is 0.161 e. The SMILES string of the molecule is COc1ccc(C2c3cc(OC)c(OC)cc3CCN2Cc2ccccc2)cc1OC. The number of rotatable bonds is 7. The van der Waals surface area contributed by atoms with Gasteiger partial charge < -0.3 is 18.9 Å². The first kappa shape index (κ1) is 21.1. The summed E-state index contributed by atoms with van der Waals surface area (Å²) in [6.07, 6.45) is 0.951. The van der Waals surface area contributed by atoms with Crippen LogP contribution in [0.4, 0.5) is 0 Å². The Balaban J connectivity index is 1.83. The highest BCUT2D eigenvalue weighted by atomic mass is 16.5. The molecule has 5 nitrogen and oxygen atoms in total. The van der Waals surface area contributed by atoms with Crippen LogP contribution in [0.25, 0.3) is 0 Å². The van der Waals surface area contributed by atoms with E-state index in [1.54, 1.807) is 28.4 Å². The smallest absolute Gasteiger partial charge is 0.161 e. The Morgan fingerprint density at radius 2 is 1.39 bits per heavy atom. The monoisotopic (exact) mass is 419 g/mol. The maximum atomic E-state index is 5.63. The Morgan fingerprint density at radius 3 is 2.06 bits per heavy atom. The van der Waals surface area contributed by atoms with Crippen LogP contribution in [0, 0.1) is 0 Å². The van der Waals surface area contributed by atoms with Crippen molar-refractivity contribution >= 4 is 0 Å². The second-order valence-corrected chi connectivity index (χ2v) is 7.63. The second kappa shape index (κ2) is 9.31. The number of nitrogens with zero attached hydrogens (tertiary/aromatic N) is 1. The number of hydrogen-bond donors (Lipinski definition) is 0. The molecule has 0 N–H and O–H groups in total. The Labute approximate surface area is 184 Å². The standard InChI is InChI=1S/C26H29NO4/c1-28-22-11-10-20(15-23(22)29-2)26-21-16-25(31-4)24(30-3)14-19(21)12-13-27(26)17-18-8-6-5-7-9-18/h5-11,14-16,26H,12-13,17H2,1-4H3. The largest absolute Gasteiger partial charge is 0.493 e. The summed E-state index contributed by atoms with van der Waals surface area (Å²) in [5.41, 5.74) is 4.95. The number of fused-ring (bicyclic) bond motifs is 1. The first-order valence-corrected chi connectivity index (χ1v) is 10.4. The van der Waals surface area contributed by atoms with Crippen LogP contribution in [0.2, 0.25) is 0 Å². The fourth-order valence-electron chi connectivity index (χ4n) is 4.40. The van der Waals surface area contributed by atoms with Crippen LogP contribution in [-0.4, -0.2) is 39.9 Å². The van der Waals surface area contributed by atoms with Crippen molar-refractivity contribution in [3.8, 4) is 23.0 Å². The molecule has 1 heterocycles. The van der Waals surface area contributed by atoms with E-state index in [4.69, 9.17) is 18.9 Å². The third kappa shape index (κ3) is 4.19. The molecule has 1 aliphatic rings. The molecular formula is C26H29NO4. The zero-order chi connectivity index (χ0) is 21.8. The summed E-state index contributed by atoms with van der Waals surface area (Å²) in [5, 5.41) is 0. The molecular weight excluding hydrogens is 390 g/mol. The number of benzene rings is 3. The highest BCUT2D eigenvalue weighted by molar-refractivity contribution is 5.53. The topological polar surface area (TPSA) is 40.2 Å².